The van der Waals surface area contributed by atoms with E-state index in [1.54, 1.807) is 4.68 Å². The number of rotatable bonds is 3. The average Bonchev–Trinajstić information content (AvgIpc) is 2.26. The number of nitrogens with two attached hydrogens (primary N) is 1. The molecule has 0 amide bonds. The minimum Gasteiger partial charge on any atom is -0.366 e. The van der Waals surface area contributed by atoms with Crippen LogP contribution in [0.2, 0.25) is 0 Å². The number of aromatic nitrogens is 3. The smallest absolute Gasteiger partial charge is 0.240 e. The van der Waals surface area contributed by atoms with Crippen LogP contribution in [0, 0.1) is 0 Å². The predicted molar refractivity (Wildman–Crippen MR) is 43.8 cm³/mol. The summed E-state index contributed by atoms with van der Waals surface area (Å²) in [5.74, 6) is 0.247. The highest BCUT2D eigenvalue weighted by molar-refractivity contribution is 9.10. The summed E-state index contributed by atoms with van der Waals surface area (Å²) in [6.45, 7) is 2.93. The molecule has 0 bridgehead atoms. The van der Waals surface area contributed by atoms with Crippen LogP contribution < -0.4 is 5.73 Å². The van der Waals surface area contributed by atoms with Crippen molar-refractivity contribution < 1.29 is 4.74 Å². The zero-order valence-corrected chi connectivity index (χ0v) is 7.71. The maximum absolute atomic E-state index is 5.32. The highest BCUT2D eigenvalue weighted by atomic mass is 79.9. The van der Waals surface area contributed by atoms with Gasteiger partial charge in [0.25, 0.3) is 0 Å². The van der Waals surface area contributed by atoms with Gasteiger partial charge in [-0.3, -0.25) is 0 Å². The van der Waals surface area contributed by atoms with E-state index in [0.29, 0.717) is 18.1 Å². The lowest BCUT2D eigenvalue weighted by molar-refractivity contribution is 0.0774. The molecule has 1 heterocycles. The molecule has 5 nitrogen and oxygen atoms in total. The summed E-state index contributed by atoms with van der Waals surface area (Å²) in [5, 5.41) is 3.86. The summed E-state index contributed by atoms with van der Waals surface area (Å²) >= 11 is 3.18. The fourth-order valence-corrected chi connectivity index (χ4v) is 0.963. The Hall–Kier alpha value is -0.620. The predicted octanol–water partition coefficient (Wildman–Crippen LogP) is 0.617. The molecule has 6 heteroatoms. The third kappa shape index (κ3) is 2.16. The summed E-state index contributed by atoms with van der Waals surface area (Å²) in [4.78, 5) is 3.83. The summed E-state index contributed by atoms with van der Waals surface area (Å²) in [6.07, 6.45) is 0. The standard InChI is InChI=1S/C5H9BrN4O/c1-2-11-3-10-4(6)8-5(7)9-10/h2-3H2,1H3,(H2,7,9). The lowest BCUT2D eigenvalue weighted by Gasteiger charge is -1.99. The first-order valence-corrected chi connectivity index (χ1v) is 3.97. The molecule has 0 aliphatic rings. The minimum atomic E-state index is 0.247. The van der Waals surface area contributed by atoms with Crippen molar-refractivity contribution in [2.45, 2.75) is 13.7 Å². The van der Waals surface area contributed by atoms with Gasteiger partial charge >= 0.3 is 0 Å². The molecule has 0 saturated heterocycles. The fourth-order valence-electron chi connectivity index (χ4n) is 0.599. The maximum Gasteiger partial charge on any atom is 0.240 e. The molecule has 11 heavy (non-hydrogen) atoms. The van der Waals surface area contributed by atoms with E-state index in [1.807, 2.05) is 6.92 Å². The van der Waals surface area contributed by atoms with Gasteiger partial charge in [0.05, 0.1) is 0 Å². The lowest BCUT2D eigenvalue weighted by atomic mass is 10.9. The molecule has 0 radical (unpaired) electrons. The van der Waals surface area contributed by atoms with Gasteiger partial charge in [0.15, 0.2) is 4.73 Å². The zero-order valence-electron chi connectivity index (χ0n) is 6.12. The maximum atomic E-state index is 5.32. The van der Waals surface area contributed by atoms with E-state index in [0.717, 1.165) is 0 Å². The van der Waals surface area contributed by atoms with Gasteiger partial charge < -0.3 is 10.5 Å². The van der Waals surface area contributed by atoms with Gasteiger partial charge in [-0.05, 0) is 22.9 Å². The van der Waals surface area contributed by atoms with E-state index in [1.165, 1.54) is 0 Å². The van der Waals surface area contributed by atoms with Gasteiger partial charge in [-0.1, -0.05) is 0 Å². The van der Waals surface area contributed by atoms with E-state index in [2.05, 4.69) is 26.0 Å². The van der Waals surface area contributed by atoms with Crippen molar-refractivity contribution in [3.63, 3.8) is 0 Å². The Labute approximate surface area is 72.7 Å². The summed E-state index contributed by atoms with van der Waals surface area (Å²) in [6, 6.07) is 0. The first kappa shape index (κ1) is 8.48. The van der Waals surface area contributed by atoms with Crippen LogP contribution in [0.5, 0.6) is 0 Å². The number of hydrogen-bond donors (Lipinski definition) is 1. The minimum absolute atomic E-state index is 0.247. The van der Waals surface area contributed by atoms with Crippen LogP contribution in [0.4, 0.5) is 5.95 Å². The van der Waals surface area contributed by atoms with Gasteiger partial charge in [0.1, 0.15) is 6.73 Å². The second kappa shape index (κ2) is 3.68. The number of halogens is 1. The van der Waals surface area contributed by atoms with Crippen molar-refractivity contribution in [2.24, 2.45) is 0 Å². The van der Waals surface area contributed by atoms with Gasteiger partial charge in [-0.25, -0.2) is 4.68 Å². The molecule has 0 atom stereocenters. The first-order chi connectivity index (χ1) is 5.24. The molecule has 0 saturated carbocycles. The zero-order chi connectivity index (χ0) is 8.27. The molecule has 2 N–H and O–H groups in total. The number of ether oxygens (including phenoxy) is 1. The van der Waals surface area contributed by atoms with Crippen LogP contribution in [-0.4, -0.2) is 21.4 Å². The summed E-state index contributed by atoms with van der Waals surface area (Å²) < 4.78 is 7.22. The molecule has 0 aliphatic carbocycles. The largest absolute Gasteiger partial charge is 0.366 e. The van der Waals surface area contributed by atoms with Gasteiger partial charge in [0, 0.05) is 6.61 Å². The Kier molecular flexibility index (Phi) is 2.84. The second-order valence-electron chi connectivity index (χ2n) is 1.86. The Morgan fingerprint density at radius 3 is 2.91 bits per heavy atom. The van der Waals surface area contributed by atoms with Crippen molar-refractivity contribution in [3.8, 4) is 0 Å². The van der Waals surface area contributed by atoms with Crippen LogP contribution >= 0.6 is 15.9 Å². The molecule has 1 aromatic heterocycles. The van der Waals surface area contributed by atoms with Crippen LogP contribution in [0.1, 0.15) is 6.92 Å². The fraction of sp³-hybridized carbons (Fsp3) is 0.600. The molecular formula is C5H9BrN4O. The molecular weight excluding hydrogens is 212 g/mol. The van der Waals surface area contributed by atoms with Crippen LogP contribution in [0.15, 0.2) is 4.73 Å². The molecule has 62 valence electrons. The average molecular weight is 221 g/mol. The SMILES string of the molecule is CCOCn1nc(N)nc1Br. The highest BCUT2D eigenvalue weighted by Gasteiger charge is 2.02. The molecule has 0 aliphatic heterocycles. The molecule has 0 fully saturated rings. The van der Waals surface area contributed by atoms with E-state index in [4.69, 9.17) is 10.5 Å². The van der Waals surface area contributed by atoms with Gasteiger partial charge in [-0.15, -0.1) is 5.10 Å². The molecule has 0 spiro atoms. The van der Waals surface area contributed by atoms with Crippen LogP contribution in [0.25, 0.3) is 0 Å². The van der Waals surface area contributed by atoms with Crippen molar-refractivity contribution in [1.82, 2.24) is 14.8 Å². The topological polar surface area (TPSA) is 66.0 Å². The van der Waals surface area contributed by atoms with E-state index < -0.39 is 0 Å². The summed E-state index contributed by atoms with van der Waals surface area (Å²) in [7, 11) is 0. The number of hydrogen-bond acceptors (Lipinski definition) is 4. The van der Waals surface area contributed by atoms with Crippen LogP contribution in [0.3, 0.4) is 0 Å². The Morgan fingerprint density at radius 1 is 1.73 bits per heavy atom. The van der Waals surface area contributed by atoms with Crippen molar-refractivity contribution in [3.05, 3.63) is 4.73 Å². The first-order valence-electron chi connectivity index (χ1n) is 3.17. The third-order valence-corrected chi connectivity index (χ3v) is 1.65. The van der Waals surface area contributed by atoms with Gasteiger partial charge in [-0.2, -0.15) is 4.98 Å². The lowest BCUT2D eigenvalue weighted by Crippen LogP contribution is -2.04. The van der Waals surface area contributed by atoms with Gasteiger partial charge in [0.2, 0.25) is 5.95 Å². The molecule has 1 rings (SSSR count). The molecule has 0 unspecified atom stereocenters. The Bertz CT molecular complexity index is 236. The molecule has 0 aromatic carbocycles. The van der Waals surface area contributed by atoms with Crippen molar-refractivity contribution in [1.29, 1.82) is 0 Å². The normalized spacial score (nSPS) is 10.4. The quantitative estimate of drug-likeness (QED) is 0.812. The number of anilines is 1. The summed E-state index contributed by atoms with van der Waals surface area (Å²) in [5.41, 5.74) is 5.32. The Morgan fingerprint density at radius 2 is 2.45 bits per heavy atom. The van der Waals surface area contributed by atoms with Crippen LogP contribution in [-0.2, 0) is 11.5 Å². The highest BCUT2D eigenvalue weighted by Crippen LogP contribution is 2.07. The van der Waals surface area contributed by atoms with E-state index >= 15 is 0 Å². The molecule has 1 aromatic rings. The van der Waals surface area contributed by atoms with Crippen molar-refractivity contribution >= 4 is 21.9 Å². The monoisotopic (exact) mass is 220 g/mol. The third-order valence-electron chi connectivity index (χ3n) is 1.06. The van der Waals surface area contributed by atoms with Crippen molar-refractivity contribution in [2.75, 3.05) is 12.3 Å². The Balaban J connectivity index is 2.62. The van der Waals surface area contributed by atoms with E-state index in [9.17, 15) is 0 Å². The number of nitrogen functional groups attached to an aromatic ring is 1. The second-order valence-corrected chi connectivity index (χ2v) is 2.57. The van der Waals surface area contributed by atoms with E-state index in [-0.39, 0.29) is 5.95 Å². The number of nitrogens with zero attached hydrogens (tertiary/aromatic N) is 3.